The highest BCUT2D eigenvalue weighted by Gasteiger charge is 2.19. The van der Waals surface area contributed by atoms with E-state index < -0.39 is 14.8 Å². The van der Waals surface area contributed by atoms with E-state index in [-0.39, 0.29) is 0 Å². The van der Waals surface area contributed by atoms with E-state index in [0.717, 1.165) is 30.6 Å². The first-order valence-corrected chi connectivity index (χ1v) is 18.3. The van der Waals surface area contributed by atoms with Gasteiger partial charge in [-0.1, -0.05) is 62.1 Å². The molecule has 0 unspecified atom stereocenters. The average Bonchev–Trinajstić information content (AvgIpc) is 2.63. The zero-order chi connectivity index (χ0) is 20.9. The molecule has 0 aliphatic heterocycles. The van der Waals surface area contributed by atoms with Gasteiger partial charge in [0.25, 0.3) is 0 Å². The second-order valence-electron chi connectivity index (χ2n) is 8.16. The monoisotopic (exact) mass is 456 g/mol. The number of hydrogen-bond acceptors (Lipinski definition) is 2. The van der Waals surface area contributed by atoms with Crippen LogP contribution in [0.1, 0.15) is 12.8 Å². The van der Waals surface area contributed by atoms with Crippen LogP contribution in [0, 0.1) is 0 Å². The molecule has 6 heteroatoms. The van der Waals surface area contributed by atoms with Gasteiger partial charge in [-0.15, -0.1) is 22.2 Å². The number of hydrogen-bond donors (Lipinski definition) is 0. The van der Waals surface area contributed by atoms with Crippen LogP contribution in [-0.2, 0) is 0 Å². The van der Waals surface area contributed by atoms with Gasteiger partial charge < -0.3 is 9.47 Å². The summed E-state index contributed by atoms with van der Waals surface area (Å²) in [4.78, 5) is 0. The third-order valence-corrected chi connectivity index (χ3v) is 8.07. The molecular weight excluding hydrogens is 423 g/mol. The van der Waals surface area contributed by atoms with Crippen molar-refractivity contribution in [3.63, 3.8) is 0 Å². The van der Waals surface area contributed by atoms with Crippen molar-refractivity contribution in [1.82, 2.24) is 0 Å². The Hall–Kier alpha value is -0.946. The molecule has 0 heterocycles. The molecule has 0 aromatic heterocycles. The number of rotatable bonds is 10. The summed E-state index contributed by atoms with van der Waals surface area (Å²) >= 11 is 11.9. The normalized spacial score (nSPS) is 11.4. The molecule has 0 aliphatic carbocycles. The molecule has 0 N–H and O–H groups in total. The van der Waals surface area contributed by atoms with Crippen molar-refractivity contribution < 1.29 is 9.47 Å². The van der Waals surface area contributed by atoms with E-state index in [0.29, 0.717) is 6.61 Å². The Kier molecular flexibility index (Phi) is 11.9. The predicted molar refractivity (Wildman–Crippen MR) is 129 cm³/mol. The van der Waals surface area contributed by atoms with Crippen LogP contribution >= 0.6 is 22.2 Å². The van der Waals surface area contributed by atoms with Crippen molar-refractivity contribution in [2.45, 2.75) is 51.1 Å². The lowest BCUT2D eigenvalue weighted by molar-refractivity contribution is 0.317. The standard InChI is InChI=1S/C12H20OSi.C10H14Cl2OSi/c1-14(2,3)11-7-10-13-12-8-5-4-6-9-12;1-14(11,12)9-5-8-13-10-6-3-2-4-7-10/h4-6,8-9H,7,10-11H2,1-3H3;2-4,6-7H,5,8-9H2,1H3. The smallest absolute Gasteiger partial charge is 0.248 e. The van der Waals surface area contributed by atoms with Crippen LogP contribution in [0.5, 0.6) is 11.5 Å². The highest BCUT2D eigenvalue weighted by atomic mass is 35.7. The Bertz CT molecular complexity index is 569. The molecule has 28 heavy (non-hydrogen) atoms. The molecule has 0 spiro atoms. The van der Waals surface area contributed by atoms with Crippen molar-refractivity contribution in [3.8, 4) is 11.5 Å². The highest BCUT2D eigenvalue weighted by Crippen LogP contribution is 2.21. The third kappa shape index (κ3) is 15.0. The Morgan fingerprint density at radius 2 is 1.04 bits per heavy atom. The summed E-state index contributed by atoms with van der Waals surface area (Å²) in [6, 6.07) is 22.0. The van der Waals surface area contributed by atoms with Crippen LogP contribution in [-0.4, -0.2) is 28.0 Å². The second kappa shape index (κ2) is 13.3. The van der Waals surface area contributed by atoms with E-state index in [9.17, 15) is 0 Å². The van der Waals surface area contributed by atoms with Gasteiger partial charge in [0.15, 0.2) is 0 Å². The SMILES string of the molecule is C[Si](C)(C)CCCOc1ccccc1.C[Si](Cl)(Cl)CCCOc1ccccc1. The minimum Gasteiger partial charge on any atom is -0.494 e. The van der Waals surface area contributed by atoms with Gasteiger partial charge in [-0.25, -0.2) is 0 Å². The Morgan fingerprint density at radius 1 is 0.643 bits per heavy atom. The maximum atomic E-state index is 5.96. The van der Waals surface area contributed by atoms with E-state index in [2.05, 4.69) is 19.6 Å². The maximum absolute atomic E-state index is 5.96. The molecule has 156 valence electrons. The van der Waals surface area contributed by atoms with Crippen LogP contribution in [0.25, 0.3) is 0 Å². The number of benzene rings is 2. The summed E-state index contributed by atoms with van der Waals surface area (Å²) in [5.41, 5.74) is 0. The number of ether oxygens (including phenoxy) is 2. The quantitative estimate of drug-likeness (QED) is 0.206. The summed E-state index contributed by atoms with van der Waals surface area (Å²) in [7, 11) is -0.875. The van der Waals surface area contributed by atoms with Crippen molar-refractivity contribution in [2.75, 3.05) is 13.2 Å². The van der Waals surface area contributed by atoms with Crippen molar-refractivity contribution in [3.05, 3.63) is 60.7 Å². The van der Waals surface area contributed by atoms with Crippen molar-refractivity contribution in [2.24, 2.45) is 0 Å². The van der Waals surface area contributed by atoms with E-state index in [1.165, 1.54) is 12.5 Å². The van der Waals surface area contributed by atoms with Gasteiger partial charge in [0, 0.05) is 8.07 Å². The fourth-order valence-electron chi connectivity index (χ4n) is 2.40. The molecular formula is C22H34Cl2O2Si2. The molecule has 2 nitrogen and oxygen atoms in total. The Morgan fingerprint density at radius 3 is 1.39 bits per heavy atom. The van der Waals surface area contributed by atoms with Crippen LogP contribution < -0.4 is 9.47 Å². The molecule has 0 saturated carbocycles. The molecule has 2 aromatic carbocycles. The molecule has 0 radical (unpaired) electrons. The predicted octanol–water partition coefficient (Wildman–Crippen LogP) is 7.80. The minimum absolute atomic E-state index is 0.687. The third-order valence-electron chi connectivity index (χ3n) is 3.86. The van der Waals surface area contributed by atoms with Crippen LogP contribution in [0.15, 0.2) is 60.7 Å². The Labute approximate surface area is 182 Å². The first kappa shape index (κ1) is 25.1. The fraction of sp³-hybridized carbons (Fsp3) is 0.455. The lowest BCUT2D eigenvalue weighted by Crippen LogP contribution is -2.19. The summed E-state index contributed by atoms with van der Waals surface area (Å²) in [6.45, 7) is 8.74. The van der Waals surface area contributed by atoms with Crippen LogP contribution in [0.4, 0.5) is 0 Å². The summed E-state index contributed by atoms with van der Waals surface area (Å²) in [5, 5.41) is 0. The summed E-state index contributed by atoms with van der Waals surface area (Å²) < 4.78 is 11.1. The molecule has 0 aliphatic rings. The minimum atomic E-state index is -1.93. The zero-order valence-corrected chi connectivity index (χ0v) is 21.1. The fourth-order valence-corrected chi connectivity index (χ4v) is 5.17. The van der Waals surface area contributed by atoms with Gasteiger partial charge in [0.1, 0.15) is 11.5 Å². The van der Waals surface area contributed by atoms with Crippen molar-refractivity contribution >= 4 is 36.9 Å². The van der Waals surface area contributed by atoms with E-state index in [1.807, 2.05) is 67.2 Å². The van der Waals surface area contributed by atoms with Crippen LogP contribution in [0.3, 0.4) is 0 Å². The second-order valence-corrected chi connectivity index (χ2v) is 22.0. The molecule has 0 atom stereocenters. The lowest BCUT2D eigenvalue weighted by Gasteiger charge is -2.15. The van der Waals surface area contributed by atoms with E-state index >= 15 is 0 Å². The van der Waals surface area contributed by atoms with Gasteiger partial charge >= 0.3 is 0 Å². The van der Waals surface area contributed by atoms with Crippen LogP contribution in [0.2, 0.25) is 38.3 Å². The molecule has 2 rings (SSSR count). The molecule has 0 amide bonds. The highest BCUT2D eigenvalue weighted by molar-refractivity contribution is 7.44. The van der Waals surface area contributed by atoms with Gasteiger partial charge in [0.05, 0.1) is 13.2 Å². The zero-order valence-electron chi connectivity index (χ0n) is 17.6. The first-order chi connectivity index (χ1) is 13.2. The largest absolute Gasteiger partial charge is 0.494 e. The Balaban J connectivity index is 0.000000280. The van der Waals surface area contributed by atoms with Crippen molar-refractivity contribution in [1.29, 1.82) is 0 Å². The van der Waals surface area contributed by atoms with E-state index in [1.54, 1.807) is 0 Å². The van der Waals surface area contributed by atoms with Gasteiger partial charge in [-0.2, -0.15) is 0 Å². The number of halogens is 2. The topological polar surface area (TPSA) is 18.5 Å². The maximum Gasteiger partial charge on any atom is 0.248 e. The summed E-state index contributed by atoms with van der Waals surface area (Å²) in [5.74, 6) is 1.89. The molecule has 2 aromatic rings. The summed E-state index contributed by atoms with van der Waals surface area (Å²) in [6.07, 6.45) is 2.11. The van der Waals surface area contributed by atoms with Gasteiger partial charge in [0.2, 0.25) is 6.69 Å². The molecule has 0 bridgehead atoms. The van der Waals surface area contributed by atoms with E-state index in [4.69, 9.17) is 31.6 Å². The van der Waals surface area contributed by atoms with Gasteiger partial charge in [-0.05, 0) is 49.7 Å². The molecule has 0 fully saturated rings. The molecule has 0 saturated heterocycles. The first-order valence-electron chi connectivity index (χ1n) is 9.89. The average molecular weight is 458 g/mol. The van der Waals surface area contributed by atoms with Gasteiger partial charge in [-0.3, -0.25) is 0 Å². The number of para-hydroxylation sites is 2. The lowest BCUT2D eigenvalue weighted by atomic mass is 10.3.